The van der Waals surface area contributed by atoms with Gasteiger partial charge in [0, 0.05) is 5.38 Å². The van der Waals surface area contributed by atoms with Gasteiger partial charge in [-0.2, -0.15) is 4.37 Å². The van der Waals surface area contributed by atoms with E-state index in [1.165, 1.54) is 11.5 Å². The SMILES string of the molecule is CC(C)(Cl)c1ccsn1. The lowest BCUT2D eigenvalue weighted by Crippen LogP contribution is -2.06. The average molecular weight is 162 g/mol. The molecular weight excluding hydrogens is 154 g/mol. The maximum Gasteiger partial charge on any atom is 0.0820 e. The molecule has 1 aromatic rings. The van der Waals surface area contributed by atoms with Crippen LogP contribution in [0.4, 0.5) is 0 Å². The summed E-state index contributed by atoms with van der Waals surface area (Å²) in [5, 5.41) is 1.93. The Balaban J connectivity index is 2.90. The third-order valence-corrected chi connectivity index (χ3v) is 1.80. The highest BCUT2D eigenvalue weighted by Gasteiger charge is 2.17. The second-order valence-corrected chi connectivity index (χ2v) is 3.97. The summed E-state index contributed by atoms with van der Waals surface area (Å²) in [5.74, 6) is 0. The molecular formula is C6H8ClNS. The average Bonchev–Trinajstić information content (AvgIpc) is 2.08. The zero-order chi connectivity index (χ0) is 6.91. The van der Waals surface area contributed by atoms with Crippen LogP contribution in [0.3, 0.4) is 0 Å². The number of hydrogen-bond donors (Lipinski definition) is 0. The summed E-state index contributed by atoms with van der Waals surface area (Å²) in [6.07, 6.45) is 0. The van der Waals surface area contributed by atoms with Gasteiger partial charge in [0.05, 0.1) is 10.6 Å². The lowest BCUT2D eigenvalue weighted by Gasteiger charge is -2.10. The molecule has 0 N–H and O–H groups in total. The van der Waals surface area contributed by atoms with Crippen molar-refractivity contribution in [3.8, 4) is 0 Å². The van der Waals surface area contributed by atoms with Gasteiger partial charge in [-0.25, -0.2) is 0 Å². The van der Waals surface area contributed by atoms with Crippen molar-refractivity contribution in [2.45, 2.75) is 18.7 Å². The fourth-order valence-corrected chi connectivity index (χ4v) is 1.33. The van der Waals surface area contributed by atoms with Crippen molar-refractivity contribution >= 4 is 23.1 Å². The van der Waals surface area contributed by atoms with E-state index in [1.54, 1.807) is 0 Å². The topological polar surface area (TPSA) is 12.9 Å². The maximum atomic E-state index is 5.94. The normalized spacial score (nSPS) is 11.9. The minimum absolute atomic E-state index is 0.306. The maximum absolute atomic E-state index is 5.94. The Hall–Kier alpha value is -0.0800. The van der Waals surface area contributed by atoms with E-state index in [2.05, 4.69) is 4.37 Å². The number of nitrogens with zero attached hydrogens (tertiary/aromatic N) is 1. The lowest BCUT2D eigenvalue weighted by atomic mass is 10.1. The summed E-state index contributed by atoms with van der Waals surface area (Å²) in [4.78, 5) is -0.306. The highest BCUT2D eigenvalue weighted by molar-refractivity contribution is 7.03. The number of rotatable bonds is 1. The third-order valence-electron chi connectivity index (χ3n) is 1.05. The molecule has 1 nitrogen and oxygen atoms in total. The molecule has 1 aromatic heterocycles. The van der Waals surface area contributed by atoms with E-state index in [4.69, 9.17) is 11.6 Å². The lowest BCUT2D eigenvalue weighted by molar-refractivity contribution is 0.745. The summed E-state index contributed by atoms with van der Waals surface area (Å²) in [5.41, 5.74) is 0.953. The highest BCUT2D eigenvalue weighted by atomic mass is 35.5. The molecule has 0 amide bonds. The van der Waals surface area contributed by atoms with Gasteiger partial charge in [0.15, 0.2) is 0 Å². The minimum Gasteiger partial charge on any atom is -0.196 e. The van der Waals surface area contributed by atoms with E-state index in [0.29, 0.717) is 0 Å². The van der Waals surface area contributed by atoms with E-state index >= 15 is 0 Å². The van der Waals surface area contributed by atoms with Crippen LogP contribution in [0.25, 0.3) is 0 Å². The summed E-state index contributed by atoms with van der Waals surface area (Å²) in [7, 11) is 0. The number of halogens is 1. The zero-order valence-electron chi connectivity index (χ0n) is 5.39. The molecule has 0 saturated heterocycles. The van der Waals surface area contributed by atoms with Gasteiger partial charge in [-0.05, 0) is 31.4 Å². The fraction of sp³-hybridized carbons (Fsp3) is 0.500. The number of alkyl halides is 1. The molecule has 0 aliphatic rings. The van der Waals surface area contributed by atoms with Crippen molar-refractivity contribution in [1.29, 1.82) is 0 Å². The molecule has 0 aromatic carbocycles. The zero-order valence-corrected chi connectivity index (χ0v) is 6.96. The van der Waals surface area contributed by atoms with Crippen LogP contribution in [0.1, 0.15) is 19.5 Å². The summed E-state index contributed by atoms with van der Waals surface area (Å²) in [6.45, 7) is 3.87. The summed E-state index contributed by atoms with van der Waals surface area (Å²) in [6, 6.07) is 1.94. The molecule has 1 rings (SSSR count). The first-order chi connectivity index (χ1) is 4.11. The van der Waals surface area contributed by atoms with Gasteiger partial charge in [0.1, 0.15) is 0 Å². The van der Waals surface area contributed by atoms with E-state index in [0.717, 1.165) is 5.69 Å². The molecule has 0 aliphatic carbocycles. The smallest absolute Gasteiger partial charge is 0.0820 e. The molecule has 9 heavy (non-hydrogen) atoms. The fourth-order valence-electron chi connectivity index (χ4n) is 0.519. The van der Waals surface area contributed by atoms with Crippen molar-refractivity contribution < 1.29 is 0 Å². The second-order valence-electron chi connectivity index (χ2n) is 2.36. The Kier molecular flexibility index (Phi) is 1.78. The van der Waals surface area contributed by atoms with Gasteiger partial charge in [-0.1, -0.05) is 0 Å². The van der Waals surface area contributed by atoms with E-state index in [-0.39, 0.29) is 4.87 Å². The molecule has 0 fully saturated rings. The van der Waals surface area contributed by atoms with Crippen molar-refractivity contribution in [2.75, 3.05) is 0 Å². The molecule has 0 unspecified atom stereocenters. The van der Waals surface area contributed by atoms with Crippen LogP contribution >= 0.6 is 23.1 Å². The van der Waals surface area contributed by atoms with E-state index < -0.39 is 0 Å². The van der Waals surface area contributed by atoms with Crippen molar-refractivity contribution in [3.63, 3.8) is 0 Å². The van der Waals surface area contributed by atoms with Gasteiger partial charge in [-0.15, -0.1) is 11.6 Å². The Bertz CT molecular complexity index is 175. The van der Waals surface area contributed by atoms with Crippen molar-refractivity contribution in [2.24, 2.45) is 0 Å². The molecule has 0 spiro atoms. The summed E-state index contributed by atoms with van der Waals surface area (Å²) >= 11 is 7.38. The second kappa shape index (κ2) is 2.27. The molecule has 1 heterocycles. The van der Waals surface area contributed by atoms with Gasteiger partial charge >= 0.3 is 0 Å². The van der Waals surface area contributed by atoms with Crippen LogP contribution in [0.5, 0.6) is 0 Å². The van der Waals surface area contributed by atoms with Crippen LogP contribution in [0, 0.1) is 0 Å². The molecule has 0 radical (unpaired) electrons. The first-order valence-electron chi connectivity index (χ1n) is 2.70. The molecule has 0 saturated carbocycles. The van der Waals surface area contributed by atoms with Crippen LogP contribution in [-0.4, -0.2) is 4.37 Å². The Morgan fingerprint density at radius 2 is 2.33 bits per heavy atom. The van der Waals surface area contributed by atoms with Crippen molar-refractivity contribution in [3.05, 3.63) is 17.1 Å². The van der Waals surface area contributed by atoms with Crippen LogP contribution in [-0.2, 0) is 4.87 Å². The Labute approximate surface area is 63.8 Å². The van der Waals surface area contributed by atoms with Crippen LogP contribution in [0.15, 0.2) is 11.4 Å². The van der Waals surface area contributed by atoms with Gasteiger partial charge in [-0.3, -0.25) is 0 Å². The first kappa shape index (κ1) is 7.03. The van der Waals surface area contributed by atoms with Gasteiger partial charge < -0.3 is 0 Å². The van der Waals surface area contributed by atoms with Crippen LogP contribution in [0.2, 0.25) is 0 Å². The molecule has 0 atom stereocenters. The third kappa shape index (κ3) is 1.66. The number of aromatic nitrogens is 1. The first-order valence-corrected chi connectivity index (χ1v) is 3.92. The molecule has 0 bridgehead atoms. The summed E-state index contributed by atoms with van der Waals surface area (Å²) < 4.78 is 4.10. The number of hydrogen-bond acceptors (Lipinski definition) is 2. The molecule has 0 aliphatic heterocycles. The van der Waals surface area contributed by atoms with Gasteiger partial charge in [0.2, 0.25) is 0 Å². The largest absolute Gasteiger partial charge is 0.196 e. The predicted octanol–water partition coefficient (Wildman–Crippen LogP) is 2.62. The monoisotopic (exact) mass is 161 g/mol. The Morgan fingerprint density at radius 3 is 2.56 bits per heavy atom. The quantitative estimate of drug-likeness (QED) is 0.577. The van der Waals surface area contributed by atoms with E-state index in [1.807, 2.05) is 25.3 Å². The van der Waals surface area contributed by atoms with Crippen LogP contribution < -0.4 is 0 Å². The molecule has 50 valence electrons. The van der Waals surface area contributed by atoms with E-state index in [9.17, 15) is 0 Å². The molecule has 3 heteroatoms. The minimum atomic E-state index is -0.306. The highest BCUT2D eigenvalue weighted by Crippen LogP contribution is 2.26. The standard InChI is InChI=1S/C6H8ClNS/c1-6(2,7)5-3-4-9-8-5/h3-4H,1-2H3. The van der Waals surface area contributed by atoms with Gasteiger partial charge in [0.25, 0.3) is 0 Å². The predicted molar refractivity (Wildman–Crippen MR) is 41.0 cm³/mol. The Morgan fingerprint density at radius 1 is 1.67 bits per heavy atom. The van der Waals surface area contributed by atoms with Crippen molar-refractivity contribution in [1.82, 2.24) is 4.37 Å².